The summed E-state index contributed by atoms with van der Waals surface area (Å²) >= 11 is 5.66. The number of hydrogen-bond acceptors (Lipinski definition) is 3. The van der Waals surface area contributed by atoms with Crippen molar-refractivity contribution in [2.24, 2.45) is 0 Å². The second kappa shape index (κ2) is 6.25. The summed E-state index contributed by atoms with van der Waals surface area (Å²) in [4.78, 5) is -0.484. The van der Waals surface area contributed by atoms with Gasteiger partial charge in [-0.1, -0.05) is 23.7 Å². The first-order valence-electron chi connectivity index (χ1n) is 5.91. The van der Waals surface area contributed by atoms with E-state index in [-0.39, 0.29) is 0 Å². The van der Waals surface area contributed by atoms with Crippen molar-refractivity contribution in [2.45, 2.75) is 11.3 Å². The molecule has 4 nitrogen and oxygen atoms in total. The van der Waals surface area contributed by atoms with E-state index in [1.54, 1.807) is 0 Å². The lowest BCUT2D eigenvalue weighted by Crippen LogP contribution is -2.20. The number of rotatable bonds is 4. The minimum Gasteiger partial charge on any atom is -0.404 e. The number of para-hydroxylation sites is 2. The molecule has 0 bridgehead atoms. The number of hydrogen-bond donors (Lipinski definition) is 1. The van der Waals surface area contributed by atoms with Gasteiger partial charge in [-0.15, -0.1) is 13.2 Å². The van der Waals surface area contributed by atoms with E-state index in [0.29, 0.717) is 0 Å². The predicted octanol–water partition coefficient (Wildman–Crippen LogP) is 4.18. The average molecular weight is 370 g/mol. The Hall–Kier alpha value is -2.00. The van der Waals surface area contributed by atoms with Gasteiger partial charge in [0.15, 0.2) is 5.75 Å². The lowest BCUT2D eigenvalue weighted by molar-refractivity contribution is -0.274. The third-order valence-electron chi connectivity index (χ3n) is 2.54. The summed E-state index contributed by atoms with van der Waals surface area (Å²) in [6.07, 6.45) is -4.99. The first-order valence-corrected chi connectivity index (χ1v) is 7.77. The van der Waals surface area contributed by atoms with Gasteiger partial charge < -0.3 is 4.74 Å². The molecule has 0 amide bonds. The first kappa shape index (κ1) is 17.4. The Morgan fingerprint density at radius 1 is 1.09 bits per heavy atom. The molecule has 124 valence electrons. The molecule has 2 aromatic rings. The van der Waals surface area contributed by atoms with Gasteiger partial charge >= 0.3 is 6.36 Å². The molecule has 0 saturated heterocycles. The Balaban J connectivity index is 2.38. The zero-order valence-corrected chi connectivity index (χ0v) is 12.6. The number of halogens is 5. The number of alkyl halides is 3. The van der Waals surface area contributed by atoms with Gasteiger partial charge in [-0.3, -0.25) is 4.72 Å². The van der Waals surface area contributed by atoms with Gasteiger partial charge in [-0.2, -0.15) is 0 Å². The Morgan fingerprint density at radius 2 is 1.74 bits per heavy atom. The van der Waals surface area contributed by atoms with Gasteiger partial charge in [0.25, 0.3) is 10.0 Å². The summed E-state index contributed by atoms with van der Waals surface area (Å²) in [6, 6.07) is 7.10. The van der Waals surface area contributed by atoms with E-state index in [9.17, 15) is 26.0 Å². The number of benzene rings is 2. The minimum atomic E-state index is -4.99. The van der Waals surface area contributed by atoms with Gasteiger partial charge in [-0.25, -0.2) is 12.8 Å². The van der Waals surface area contributed by atoms with Gasteiger partial charge in [-0.05, 0) is 30.3 Å². The Labute approximate surface area is 133 Å². The lowest BCUT2D eigenvalue weighted by Gasteiger charge is -2.15. The van der Waals surface area contributed by atoms with Crippen LogP contribution in [0.5, 0.6) is 5.75 Å². The van der Waals surface area contributed by atoms with Crippen LogP contribution in [-0.2, 0) is 10.0 Å². The van der Waals surface area contributed by atoms with Crippen molar-refractivity contribution in [2.75, 3.05) is 4.72 Å². The van der Waals surface area contributed by atoms with Gasteiger partial charge in [0.1, 0.15) is 10.7 Å². The van der Waals surface area contributed by atoms with Crippen molar-refractivity contribution in [3.8, 4) is 5.75 Å². The molecule has 0 heterocycles. The number of anilines is 1. The maximum absolute atomic E-state index is 13.0. The lowest BCUT2D eigenvalue weighted by atomic mass is 10.3. The van der Waals surface area contributed by atoms with Crippen LogP contribution in [0.4, 0.5) is 23.2 Å². The third kappa shape index (κ3) is 4.49. The second-order valence-electron chi connectivity index (χ2n) is 4.22. The molecular formula is C13H8ClF4NO3S. The van der Waals surface area contributed by atoms with Crippen LogP contribution >= 0.6 is 11.6 Å². The fourth-order valence-corrected chi connectivity index (χ4v) is 3.26. The van der Waals surface area contributed by atoms with E-state index in [1.165, 1.54) is 12.1 Å². The molecule has 0 aliphatic rings. The van der Waals surface area contributed by atoms with Crippen LogP contribution in [0, 0.1) is 5.82 Å². The molecule has 0 fully saturated rings. The molecule has 1 N–H and O–H groups in total. The smallest absolute Gasteiger partial charge is 0.404 e. The molecule has 0 aliphatic carbocycles. The molecule has 0 radical (unpaired) electrons. The Morgan fingerprint density at radius 3 is 2.35 bits per heavy atom. The first-order chi connectivity index (χ1) is 10.6. The molecule has 0 aromatic heterocycles. The monoisotopic (exact) mass is 369 g/mol. The molecule has 2 aromatic carbocycles. The Kier molecular flexibility index (Phi) is 4.71. The van der Waals surface area contributed by atoms with E-state index < -0.39 is 43.6 Å². The van der Waals surface area contributed by atoms with Gasteiger partial charge in [0, 0.05) is 0 Å². The van der Waals surface area contributed by atoms with Crippen molar-refractivity contribution in [3.05, 3.63) is 53.3 Å². The van der Waals surface area contributed by atoms with Crippen LogP contribution in [0.15, 0.2) is 47.4 Å². The summed E-state index contributed by atoms with van der Waals surface area (Å²) in [7, 11) is -4.33. The standard InChI is InChI=1S/C13H8ClF4NO3S/c14-9-7-8(15)5-6-12(9)23(20,21)19-10-3-1-2-4-11(10)22-13(16,17)18/h1-7,19H. The van der Waals surface area contributed by atoms with Crippen molar-refractivity contribution in [3.63, 3.8) is 0 Å². The largest absolute Gasteiger partial charge is 0.573 e. The van der Waals surface area contributed by atoms with Crippen LogP contribution in [0.1, 0.15) is 0 Å². The molecular weight excluding hydrogens is 362 g/mol. The van der Waals surface area contributed by atoms with Crippen molar-refractivity contribution in [1.82, 2.24) is 0 Å². The van der Waals surface area contributed by atoms with Crippen molar-refractivity contribution >= 4 is 27.3 Å². The van der Waals surface area contributed by atoms with Crippen LogP contribution in [-0.4, -0.2) is 14.8 Å². The minimum absolute atomic E-state index is 0.410. The van der Waals surface area contributed by atoms with E-state index in [1.807, 2.05) is 4.72 Å². The van der Waals surface area contributed by atoms with E-state index in [4.69, 9.17) is 11.6 Å². The van der Waals surface area contributed by atoms with Gasteiger partial charge in [0.05, 0.1) is 10.7 Å². The highest BCUT2D eigenvalue weighted by molar-refractivity contribution is 7.92. The molecule has 0 atom stereocenters. The maximum atomic E-state index is 13.0. The molecule has 10 heteroatoms. The Bertz CT molecular complexity index is 824. The summed E-state index contributed by atoms with van der Waals surface area (Å²) < 4.78 is 80.0. The number of ether oxygens (including phenoxy) is 1. The van der Waals surface area contributed by atoms with E-state index >= 15 is 0 Å². The predicted molar refractivity (Wildman–Crippen MR) is 75.3 cm³/mol. The fourth-order valence-electron chi connectivity index (χ4n) is 1.66. The fraction of sp³-hybridized carbons (Fsp3) is 0.0769. The summed E-state index contributed by atoms with van der Waals surface area (Å²) in [5.41, 5.74) is -0.440. The average Bonchev–Trinajstić information content (AvgIpc) is 2.38. The highest BCUT2D eigenvalue weighted by atomic mass is 35.5. The van der Waals surface area contributed by atoms with Crippen molar-refractivity contribution < 1.29 is 30.7 Å². The molecule has 0 saturated carbocycles. The van der Waals surface area contributed by atoms with E-state index in [2.05, 4.69) is 4.74 Å². The quantitative estimate of drug-likeness (QED) is 0.823. The number of nitrogens with one attached hydrogen (secondary N) is 1. The second-order valence-corrected chi connectivity index (χ2v) is 6.28. The van der Waals surface area contributed by atoms with Crippen LogP contribution in [0.2, 0.25) is 5.02 Å². The summed E-state index contributed by atoms with van der Waals surface area (Å²) in [5.74, 6) is -1.49. The normalized spacial score (nSPS) is 12.0. The molecule has 2 rings (SSSR count). The van der Waals surface area contributed by atoms with E-state index in [0.717, 1.165) is 30.3 Å². The molecule has 0 unspecified atom stereocenters. The van der Waals surface area contributed by atoms with Crippen LogP contribution in [0.3, 0.4) is 0 Å². The van der Waals surface area contributed by atoms with Gasteiger partial charge in [0.2, 0.25) is 0 Å². The molecule has 0 aliphatic heterocycles. The van der Waals surface area contributed by atoms with Crippen LogP contribution in [0.25, 0.3) is 0 Å². The molecule has 0 spiro atoms. The summed E-state index contributed by atoms with van der Waals surface area (Å²) in [6.45, 7) is 0. The third-order valence-corrected chi connectivity index (χ3v) is 4.39. The maximum Gasteiger partial charge on any atom is 0.573 e. The van der Waals surface area contributed by atoms with Crippen LogP contribution < -0.4 is 9.46 Å². The topological polar surface area (TPSA) is 55.4 Å². The summed E-state index contributed by atoms with van der Waals surface area (Å²) in [5, 5.41) is -0.410. The molecule has 23 heavy (non-hydrogen) atoms. The van der Waals surface area contributed by atoms with Crippen molar-refractivity contribution in [1.29, 1.82) is 0 Å². The highest BCUT2D eigenvalue weighted by Crippen LogP contribution is 2.32. The zero-order valence-electron chi connectivity index (χ0n) is 11.1. The SMILES string of the molecule is O=S(=O)(Nc1ccccc1OC(F)(F)F)c1ccc(F)cc1Cl. The zero-order chi connectivity index (χ0) is 17.3. The number of sulfonamides is 1. The highest BCUT2D eigenvalue weighted by Gasteiger charge is 2.32.